The third-order valence-electron chi connectivity index (χ3n) is 2.59. The van der Waals surface area contributed by atoms with Crippen LogP contribution in [0.25, 0.3) is 0 Å². The highest BCUT2D eigenvalue weighted by Crippen LogP contribution is 2.08. The maximum absolute atomic E-state index is 7.22. The van der Waals surface area contributed by atoms with E-state index in [4.69, 9.17) is 21.7 Å². The molecule has 0 bridgehead atoms. The van der Waals surface area contributed by atoms with Crippen LogP contribution in [0.1, 0.15) is 12.0 Å². The minimum atomic E-state index is -1.06. The first-order chi connectivity index (χ1) is 9.42. The van der Waals surface area contributed by atoms with E-state index in [1.165, 1.54) is 6.21 Å². The summed E-state index contributed by atoms with van der Waals surface area (Å²) >= 11 is 5.65. The molecule has 0 aliphatic rings. The normalized spacial score (nSPS) is 12.5. The van der Waals surface area contributed by atoms with Crippen molar-refractivity contribution in [2.45, 2.75) is 32.1 Å². The van der Waals surface area contributed by atoms with Gasteiger partial charge in [0, 0.05) is 45.3 Å². The zero-order chi connectivity index (χ0) is 15.0. The van der Waals surface area contributed by atoms with Crippen LogP contribution in [0.2, 0.25) is 31.0 Å². The Kier molecular flexibility index (Phi) is 6.98. The maximum Gasteiger partial charge on any atom is 0.222 e. The molecule has 0 aromatic carbocycles. The zero-order valence-electron chi connectivity index (χ0n) is 12.2. The van der Waals surface area contributed by atoms with Crippen molar-refractivity contribution in [3.63, 3.8) is 0 Å². The molecule has 0 spiro atoms. The summed E-state index contributed by atoms with van der Waals surface area (Å²) in [6, 6.07) is 1.12. The Morgan fingerprint density at radius 2 is 2.05 bits per heavy atom. The lowest BCUT2D eigenvalue weighted by Crippen LogP contribution is -2.21. The summed E-state index contributed by atoms with van der Waals surface area (Å²) in [6.07, 6.45) is 4.96. The molecule has 0 saturated heterocycles. The van der Waals surface area contributed by atoms with Gasteiger partial charge in [-0.25, -0.2) is 9.97 Å². The molecule has 0 aliphatic carbocycles. The standard InChI is InChI=1S/C13H21ClN4OSi/c1-20(2,3)7-6-19-10-18-12(4-5-15)11-8-16-13(14)17-9-11/h5,8-9,15H,4,6-7,10H2,1-3H3. The molecule has 0 unspecified atom stereocenters. The van der Waals surface area contributed by atoms with E-state index in [1.807, 2.05) is 0 Å². The summed E-state index contributed by atoms with van der Waals surface area (Å²) in [6.45, 7) is 7.96. The fourth-order valence-corrected chi connectivity index (χ4v) is 2.25. The van der Waals surface area contributed by atoms with Gasteiger partial charge in [-0.15, -0.1) is 0 Å². The molecule has 0 amide bonds. The Morgan fingerprint density at radius 3 is 2.60 bits per heavy atom. The molecule has 1 aromatic rings. The van der Waals surface area contributed by atoms with Crippen LogP contribution < -0.4 is 0 Å². The van der Waals surface area contributed by atoms with Gasteiger partial charge in [0.15, 0.2) is 0 Å². The van der Waals surface area contributed by atoms with Crippen molar-refractivity contribution in [3.8, 4) is 0 Å². The summed E-state index contributed by atoms with van der Waals surface area (Å²) in [5.41, 5.74) is 1.51. The highest BCUT2D eigenvalue weighted by atomic mass is 35.5. The Labute approximate surface area is 126 Å². The lowest BCUT2D eigenvalue weighted by molar-refractivity contribution is 0.155. The van der Waals surface area contributed by atoms with Crippen molar-refractivity contribution in [1.82, 2.24) is 9.97 Å². The number of nitrogens with one attached hydrogen (secondary N) is 1. The number of aromatic nitrogens is 2. The second-order valence-electron chi connectivity index (χ2n) is 5.60. The van der Waals surface area contributed by atoms with E-state index in [2.05, 4.69) is 34.6 Å². The highest BCUT2D eigenvalue weighted by Gasteiger charge is 2.11. The Hall–Kier alpha value is -1.11. The van der Waals surface area contributed by atoms with Crippen LogP contribution in [0.15, 0.2) is 17.4 Å². The second kappa shape index (κ2) is 8.24. The van der Waals surface area contributed by atoms with E-state index in [9.17, 15) is 0 Å². The lowest BCUT2D eigenvalue weighted by atomic mass is 10.1. The SMILES string of the molecule is C[Si](C)(C)CCOCN=C(CC=N)c1cnc(Cl)nc1. The van der Waals surface area contributed by atoms with Gasteiger partial charge < -0.3 is 10.1 Å². The van der Waals surface area contributed by atoms with Crippen LogP contribution in [0.4, 0.5) is 0 Å². The molecule has 5 nitrogen and oxygen atoms in total. The average molecular weight is 313 g/mol. The number of nitrogens with zero attached hydrogens (tertiary/aromatic N) is 3. The van der Waals surface area contributed by atoms with Gasteiger partial charge >= 0.3 is 0 Å². The molecule has 110 valence electrons. The van der Waals surface area contributed by atoms with Crippen LogP contribution in [-0.4, -0.2) is 43.3 Å². The van der Waals surface area contributed by atoms with Gasteiger partial charge in [-0.05, 0) is 17.6 Å². The van der Waals surface area contributed by atoms with E-state index in [-0.39, 0.29) is 5.28 Å². The molecule has 1 N–H and O–H groups in total. The number of aliphatic imine (C=N–C) groups is 1. The summed E-state index contributed by atoms with van der Waals surface area (Å²) in [5, 5.41) is 7.42. The summed E-state index contributed by atoms with van der Waals surface area (Å²) in [5.74, 6) is 0. The minimum Gasteiger partial charge on any atom is -0.360 e. The first kappa shape index (κ1) is 16.9. The molecule has 20 heavy (non-hydrogen) atoms. The van der Waals surface area contributed by atoms with E-state index in [0.29, 0.717) is 13.2 Å². The van der Waals surface area contributed by atoms with Crippen molar-refractivity contribution in [2.24, 2.45) is 4.99 Å². The van der Waals surface area contributed by atoms with Gasteiger partial charge in [-0.1, -0.05) is 19.6 Å². The topological polar surface area (TPSA) is 71.2 Å². The molecule has 0 radical (unpaired) electrons. The van der Waals surface area contributed by atoms with Crippen molar-refractivity contribution in [3.05, 3.63) is 23.2 Å². The Bertz CT molecular complexity index is 456. The van der Waals surface area contributed by atoms with Crippen molar-refractivity contribution in [2.75, 3.05) is 13.3 Å². The summed E-state index contributed by atoms with van der Waals surface area (Å²) in [4.78, 5) is 12.2. The number of hydrogen-bond donors (Lipinski definition) is 1. The average Bonchev–Trinajstić information content (AvgIpc) is 2.37. The molecular weight excluding hydrogens is 292 g/mol. The number of halogens is 1. The molecule has 1 rings (SSSR count). The number of rotatable bonds is 8. The maximum atomic E-state index is 7.22. The van der Waals surface area contributed by atoms with Crippen LogP contribution in [0, 0.1) is 5.41 Å². The second-order valence-corrected chi connectivity index (χ2v) is 11.6. The first-order valence-corrected chi connectivity index (χ1v) is 10.6. The van der Waals surface area contributed by atoms with Gasteiger partial charge in [0.1, 0.15) is 6.73 Å². The quantitative estimate of drug-likeness (QED) is 0.346. The summed E-state index contributed by atoms with van der Waals surface area (Å²) < 4.78 is 5.54. The Morgan fingerprint density at radius 1 is 1.40 bits per heavy atom. The predicted molar refractivity (Wildman–Crippen MR) is 86.0 cm³/mol. The fourth-order valence-electron chi connectivity index (χ4n) is 1.40. The van der Waals surface area contributed by atoms with Crippen molar-refractivity contribution in [1.29, 1.82) is 5.41 Å². The van der Waals surface area contributed by atoms with Crippen LogP contribution in [0.5, 0.6) is 0 Å². The molecular formula is C13H21ClN4OSi. The molecule has 1 aromatic heterocycles. The zero-order valence-corrected chi connectivity index (χ0v) is 13.9. The van der Waals surface area contributed by atoms with Gasteiger partial charge in [0.25, 0.3) is 0 Å². The van der Waals surface area contributed by atoms with Gasteiger partial charge in [0.05, 0.1) is 5.71 Å². The molecule has 7 heteroatoms. The molecule has 0 saturated carbocycles. The minimum absolute atomic E-state index is 0.203. The van der Waals surface area contributed by atoms with Gasteiger partial charge in [0.2, 0.25) is 5.28 Å². The lowest BCUT2D eigenvalue weighted by Gasteiger charge is -2.14. The van der Waals surface area contributed by atoms with Crippen LogP contribution in [-0.2, 0) is 4.74 Å². The largest absolute Gasteiger partial charge is 0.360 e. The third-order valence-corrected chi connectivity index (χ3v) is 4.49. The molecule has 0 aliphatic heterocycles. The van der Waals surface area contributed by atoms with Crippen LogP contribution in [0.3, 0.4) is 0 Å². The van der Waals surface area contributed by atoms with Crippen LogP contribution >= 0.6 is 11.6 Å². The van der Waals surface area contributed by atoms with E-state index in [0.717, 1.165) is 23.9 Å². The van der Waals surface area contributed by atoms with E-state index in [1.54, 1.807) is 12.4 Å². The van der Waals surface area contributed by atoms with Gasteiger partial charge in [-0.2, -0.15) is 0 Å². The predicted octanol–water partition coefficient (Wildman–Crippen LogP) is 3.27. The smallest absolute Gasteiger partial charge is 0.222 e. The third kappa shape index (κ3) is 6.88. The molecule has 1 heterocycles. The molecule has 0 atom stereocenters. The highest BCUT2D eigenvalue weighted by molar-refractivity contribution is 6.76. The van der Waals surface area contributed by atoms with Gasteiger partial charge in [-0.3, -0.25) is 4.99 Å². The van der Waals surface area contributed by atoms with E-state index < -0.39 is 8.07 Å². The van der Waals surface area contributed by atoms with Crippen molar-refractivity contribution >= 4 is 31.6 Å². The number of hydrogen-bond acceptors (Lipinski definition) is 5. The first-order valence-electron chi connectivity index (χ1n) is 6.50. The number of ether oxygens (including phenoxy) is 1. The fraction of sp³-hybridized carbons (Fsp3) is 0.538. The monoisotopic (exact) mass is 312 g/mol. The molecule has 0 fully saturated rings. The summed E-state index contributed by atoms with van der Waals surface area (Å²) in [7, 11) is -1.06. The van der Waals surface area contributed by atoms with Crippen molar-refractivity contribution < 1.29 is 4.74 Å². The Balaban J connectivity index is 2.55. The van der Waals surface area contributed by atoms with E-state index >= 15 is 0 Å².